The highest BCUT2D eigenvalue weighted by atomic mass is 35.5. The molecule has 0 spiro atoms. The Labute approximate surface area is 257 Å². The van der Waals surface area contributed by atoms with Crippen molar-refractivity contribution in [1.82, 2.24) is 5.32 Å². The molecule has 8 nitrogen and oxygen atoms in total. The van der Waals surface area contributed by atoms with Crippen LogP contribution in [-0.2, 0) is 16.2 Å². The molecule has 0 aromatic heterocycles. The number of hydrogen-bond acceptors (Lipinski definition) is 6. The zero-order valence-corrected chi connectivity index (χ0v) is 25.3. The van der Waals surface area contributed by atoms with Crippen LogP contribution < -0.4 is 24.4 Å². The van der Waals surface area contributed by atoms with Gasteiger partial charge in [-0.2, -0.15) is 0 Å². The fourth-order valence-electron chi connectivity index (χ4n) is 4.62. The molecule has 226 valence electrons. The van der Waals surface area contributed by atoms with Gasteiger partial charge in [-0.05, 0) is 66.9 Å². The molecule has 0 unspecified atom stereocenters. The third-order valence-electron chi connectivity index (χ3n) is 6.83. The maximum atomic E-state index is 13.4. The number of barbiturate groups is 1. The van der Waals surface area contributed by atoms with Gasteiger partial charge in [-0.15, -0.1) is 0 Å². The number of unbranched alkanes of at least 4 members (excludes halogenated alkanes) is 5. The predicted octanol–water partition coefficient (Wildman–Crippen LogP) is 7.72. The van der Waals surface area contributed by atoms with Gasteiger partial charge in [0.2, 0.25) is 0 Å². The van der Waals surface area contributed by atoms with Crippen LogP contribution in [0.4, 0.5) is 10.5 Å². The number of urea groups is 1. The van der Waals surface area contributed by atoms with Crippen molar-refractivity contribution in [2.45, 2.75) is 59.0 Å². The molecule has 1 aliphatic heterocycles. The van der Waals surface area contributed by atoms with Crippen LogP contribution >= 0.6 is 11.6 Å². The topological polar surface area (TPSA) is 94.2 Å². The Morgan fingerprint density at radius 1 is 0.837 bits per heavy atom. The van der Waals surface area contributed by atoms with Gasteiger partial charge < -0.3 is 14.2 Å². The first-order chi connectivity index (χ1) is 20.9. The molecular formula is C34H37ClN2O6. The minimum Gasteiger partial charge on any atom is -0.490 e. The SMILES string of the molecule is CCCCCCCCOc1c(Cl)cc(/C=C2/C(=O)NC(=O)N(c3ccc(OCc4ccccc4)cc3)C2=O)cc1OCC. The standard InChI is InChI=1S/C34H37ClN2O6/c1-3-5-6-7-8-12-19-42-31-29(35)21-25(22-30(31)41-4-2)20-28-32(38)36-34(40)37(33(28)39)26-15-17-27(18-16-26)43-23-24-13-10-9-11-14-24/h9-11,13-18,20-22H,3-8,12,19,23H2,1-2H3,(H,36,38,40)/b28-20-. The first-order valence-electron chi connectivity index (χ1n) is 14.7. The van der Waals surface area contributed by atoms with Crippen molar-refractivity contribution in [2.24, 2.45) is 0 Å². The smallest absolute Gasteiger partial charge is 0.335 e. The van der Waals surface area contributed by atoms with Crippen LogP contribution in [0.2, 0.25) is 5.02 Å². The van der Waals surface area contributed by atoms with Crippen LogP contribution in [0.1, 0.15) is 63.5 Å². The Bertz CT molecular complexity index is 1440. The average Bonchev–Trinajstić information content (AvgIpc) is 3.00. The number of halogens is 1. The van der Waals surface area contributed by atoms with E-state index in [1.54, 1.807) is 36.4 Å². The molecule has 0 aliphatic carbocycles. The fourth-order valence-corrected chi connectivity index (χ4v) is 4.90. The highest BCUT2D eigenvalue weighted by Gasteiger charge is 2.37. The zero-order valence-electron chi connectivity index (χ0n) is 24.6. The minimum absolute atomic E-state index is 0.219. The van der Waals surface area contributed by atoms with E-state index in [2.05, 4.69) is 12.2 Å². The lowest BCUT2D eigenvalue weighted by Gasteiger charge is -2.26. The van der Waals surface area contributed by atoms with E-state index in [-0.39, 0.29) is 5.57 Å². The molecule has 0 radical (unpaired) electrons. The second-order valence-corrected chi connectivity index (χ2v) is 10.5. The van der Waals surface area contributed by atoms with E-state index in [4.69, 9.17) is 25.8 Å². The summed E-state index contributed by atoms with van der Waals surface area (Å²) in [6.45, 7) is 5.28. The van der Waals surface area contributed by atoms with Crippen LogP contribution in [0.5, 0.6) is 17.2 Å². The number of imide groups is 2. The molecule has 1 fully saturated rings. The normalized spacial score (nSPS) is 14.2. The van der Waals surface area contributed by atoms with Crippen LogP contribution in [0.15, 0.2) is 72.3 Å². The van der Waals surface area contributed by atoms with E-state index in [0.29, 0.717) is 53.3 Å². The van der Waals surface area contributed by atoms with E-state index in [9.17, 15) is 14.4 Å². The average molecular weight is 605 g/mol. The summed E-state index contributed by atoms with van der Waals surface area (Å²) in [6, 6.07) is 18.6. The molecule has 1 aliphatic rings. The first-order valence-corrected chi connectivity index (χ1v) is 15.1. The Morgan fingerprint density at radius 3 is 2.28 bits per heavy atom. The lowest BCUT2D eigenvalue weighted by atomic mass is 10.1. The van der Waals surface area contributed by atoms with Gasteiger partial charge in [0, 0.05) is 0 Å². The number of nitrogens with zero attached hydrogens (tertiary/aromatic N) is 1. The highest BCUT2D eigenvalue weighted by molar-refractivity contribution is 6.39. The molecule has 1 saturated heterocycles. The summed E-state index contributed by atoms with van der Waals surface area (Å²) in [7, 11) is 0. The van der Waals surface area contributed by atoms with Crippen molar-refractivity contribution < 1.29 is 28.6 Å². The molecule has 3 aromatic carbocycles. The van der Waals surface area contributed by atoms with E-state index in [0.717, 1.165) is 29.7 Å². The summed E-state index contributed by atoms with van der Waals surface area (Å²) < 4.78 is 17.5. The lowest BCUT2D eigenvalue weighted by Crippen LogP contribution is -2.54. The van der Waals surface area contributed by atoms with Crippen LogP contribution in [-0.4, -0.2) is 31.1 Å². The Morgan fingerprint density at radius 2 is 1.56 bits per heavy atom. The number of benzene rings is 3. The Hall–Kier alpha value is -4.30. The van der Waals surface area contributed by atoms with Crippen molar-refractivity contribution in [3.05, 3.63) is 88.5 Å². The number of amides is 4. The number of carbonyl (C=O) groups excluding carboxylic acids is 3. The molecule has 0 saturated carbocycles. The van der Waals surface area contributed by atoms with Crippen molar-refractivity contribution in [3.8, 4) is 17.2 Å². The summed E-state index contributed by atoms with van der Waals surface area (Å²) in [5.74, 6) is -0.155. The minimum atomic E-state index is -0.836. The number of ether oxygens (including phenoxy) is 3. The van der Waals surface area contributed by atoms with Gasteiger partial charge in [0.05, 0.1) is 23.9 Å². The number of hydrogen-bond donors (Lipinski definition) is 1. The third-order valence-corrected chi connectivity index (χ3v) is 7.11. The fraction of sp³-hybridized carbons (Fsp3) is 0.324. The monoisotopic (exact) mass is 604 g/mol. The van der Waals surface area contributed by atoms with Gasteiger partial charge in [0.15, 0.2) is 11.5 Å². The number of anilines is 1. The second kappa shape index (κ2) is 15.8. The summed E-state index contributed by atoms with van der Waals surface area (Å²) in [5, 5.41) is 2.54. The zero-order chi connectivity index (χ0) is 30.6. The van der Waals surface area contributed by atoms with E-state index < -0.39 is 17.8 Å². The molecule has 3 aromatic rings. The van der Waals surface area contributed by atoms with Gasteiger partial charge in [-0.3, -0.25) is 14.9 Å². The molecule has 43 heavy (non-hydrogen) atoms. The van der Waals surface area contributed by atoms with Crippen LogP contribution in [0.3, 0.4) is 0 Å². The van der Waals surface area contributed by atoms with E-state index in [1.807, 2.05) is 37.3 Å². The number of carbonyl (C=O) groups is 3. The van der Waals surface area contributed by atoms with E-state index in [1.165, 1.54) is 25.3 Å². The first kappa shape index (κ1) is 31.6. The molecule has 4 amide bonds. The molecule has 0 bridgehead atoms. The van der Waals surface area contributed by atoms with Crippen molar-refractivity contribution >= 4 is 41.2 Å². The highest BCUT2D eigenvalue weighted by Crippen LogP contribution is 2.38. The summed E-state index contributed by atoms with van der Waals surface area (Å²) in [6.07, 6.45) is 8.18. The van der Waals surface area contributed by atoms with Crippen molar-refractivity contribution in [3.63, 3.8) is 0 Å². The summed E-state index contributed by atoms with van der Waals surface area (Å²) >= 11 is 6.57. The van der Waals surface area contributed by atoms with Gasteiger partial charge in [0.25, 0.3) is 11.8 Å². The van der Waals surface area contributed by atoms with Crippen molar-refractivity contribution in [1.29, 1.82) is 0 Å². The summed E-state index contributed by atoms with van der Waals surface area (Å²) in [4.78, 5) is 39.8. The maximum absolute atomic E-state index is 13.4. The number of rotatable bonds is 15. The van der Waals surface area contributed by atoms with Gasteiger partial charge >= 0.3 is 6.03 Å². The van der Waals surface area contributed by atoms with Crippen LogP contribution in [0.25, 0.3) is 6.08 Å². The summed E-state index contributed by atoms with van der Waals surface area (Å²) in [5.41, 5.74) is 1.54. The van der Waals surface area contributed by atoms with Gasteiger partial charge in [0.1, 0.15) is 17.9 Å². The quantitative estimate of drug-likeness (QED) is 0.108. The molecule has 4 rings (SSSR count). The molecular weight excluding hydrogens is 568 g/mol. The largest absolute Gasteiger partial charge is 0.490 e. The Balaban J connectivity index is 1.48. The molecule has 0 atom stereocenters. The maximum Gasteiger partial charge on any atom is 0.335 e. The second-order valence-electron chi connectivity index (χ2n) is 10.1. The molecule has 1 heterocycles. The van der Waals surface area contributed by atoms with Gasteiger partial charge in [-0.25, -0.2) is 9.69 Å². The van der Waals surface area contributed by atoms with Gasteiger partial charge in [-0.1, -0.05) is 81.0 Å². The Kier molecular flexibility index (Phi) is 11.6. The molecule has 9 heteroatoms. The van der Waals surface area contributed by atoms with Crippen molar-refractivity contribution in [2.75, 3.05) is 18.1 Å². The predicted molar refractivity (Wildman–Crippen MR) is 168 cm³/mol. The third kappa shape index (κ3) is 8.61. The molecule has 1 N–H and O–H groups in total. The number of nitrogens with one attached hydrogen (secondary N) is 1. The van der Waals surface area contributed by atoms with Crippen LogP contribution in [0, 0.1) is 0 Å². The van der Waals surface area contributed by atoms with E-state index >= 15 is 0 Å². The lowest BCUT2D eigenvalue weighted by molar-refractivity contribution is -0.122.